The van der Waals surface area contributed by atoms with Crippen molar-refractivity contribution in [3.63, 3.8) is 0 Å². The van der Waals surface area contributed by atoms with Crippen molar-refractivity contribution in [3.8, 4) is 0 Å². The van der Waals surface area contributed by atoms with Gasteiger partial charge in [0, 0.05) is 19.4 Å². The van der Waals surface area contributed by atoms with Crippen molar-refractivity contribution < 1.29 is 19.8 Å². The summed E-state index contributed by atoms with van der Waals surface area (Å²) in [6.45, 7) is 2.09. The quantitative estimate of drug-likeness (QED) is 0.626. The third-order valence-corrected chi connectivity index (χ3v) is 3.81. The standard InChI is InChI=1S/C12H20N2O4/c15-9-5-10(12(17)18)14(7-9)11(16)2-1-8-3-4-13-6-8/h8-10,13,15H,1-7H2,(H,17,18)/t8?,9-,10-/m1/s1. The van der Waals surface area contributed by atoms with E-state index in [-0.39, 0.29) is 18.9 Å². The van der Waals surface area contributed by atoms with Gasteiger partial charge < -0.3 is 20.4 Å². The summed E-state index contributed by atoms with van der Waals surface area (Å²) >= 11 is 0. The highest BCUT2D eigenvalue weighted by Gasteiger charge is 2.38. The number of nitrogens with one attached hydrogen (secondary N) is 1. The summed E-state index contributed by atoms with van der Waals surface area (Å²) in [5, 5.41) is 21.7. The third-order valence-electron chi connectivity index (χ3n) is 3.81. The first-order valence-corrected chi connectivity index (χ1v) is 6.49. The largest absolute Gasteiger partial charge is 0.480 e. The molecule has 2 fully saturated rings. The van der Waals surface area contributed by atoms with Crippen LogP contribution >= 0.6 is 0 Å². The molecular weight excluding hydrogens is 236 g/mol. The van der Waals surface area contributed by atoms with Crippen molar-refractivity contribution >= 4 is 11.9 Å². The molecule has 3 atom stereocenters. The summed E-state index contributed by atoms with van der Waals surface area (Å²) in [5.74, 6) is -0.655. The lowest BCUT2D eigenvalue weighted by atomic mass is 10.0. The maximum absolute atomic E-state index is 12.0. The summed E-state index contributed by atoms with van der Waals surface area (Å²) in [4.78, 5) is 24.3. The summed E-state index contributed by atoms with van der Waals surface area (Å²) in [6.07, 6.45) is 1.70. The van der Waals surface area contributed by atoms with Crippen LogP contribution < -0.4 is 5.32 Å². The number of carboxylic acid groups (broad SMARTS) is 1. The number of nitrogens with zero attached hydrogens (tertiary/aromatic N) is 1. The van der Waals surface area contributed by atoms with Crippen LogP contribution in [0.3, 0.4) is 0 Å². The van der Waals surface area contributed by atoms with E-state index in [9.17, 15) is 14.7 Å². The molecule has 0 aliphatic carbocycles. The molecule has 2 aliphatic rings. The van der Waals surface area contributed by atoms with Gasteiger partial charge in [0.2, 0.25) is 5.91 Å². The number of amides is 1. The number of likely N-dealkylation sites (tertiary alicyclic amines) is 1. The lowest BCUT2D eigenvalue weighted by molar-refractivity contribution is -0.148. The molecule has 2 heterocycles. The fourth-order valence-corrected chi connectivity index (χ4v) is 2.76. The van der Waals surface area contributed by atoms with Gasteiger partial charge in [-0.1, -0.05) is 0 Å². The number of rotatable bonds is 4. The minimum absolute atomic E-state index is 0.145. The van der Waals surface area contributed by atoms with Gasteiger partial charge in [0.25, 0.3) is 0 Å². The predicted molar refractivity (Wildman–Crippen MR) is 64.0 cm³/mol. The normalized spacial score (nSPS) is 31.8. The van der Waals surface area contributed by atoms with Crippen LogP contribution in [-0.2, 0) is 9.59 Å². The highest BCUT2D eigenvalue weighted by molar-refractivity contribution is 5.84. The van der Waals surface area contributed by atoms with Gasteiger partial charge in [-0.25, -0.2) is 4.79 Å². The zero-order valence-corrected chi connectivity index (χ0v) is 10.3. The van der Waals surface area contributed by atoms with E-state index in [1.807, 2.05) is 0 Å². The maximum Gasteiger partial charge on any atom is 0.326 e. The van der Waals surface area contributed by atoms with Crippen molar-refractivity contribution in [3.05, 3.63) is 0 Å². The van der Waals surface area contributed by atoms with Gasteiger partial charge in [-0.2, -0.15) is 0 Å². The van der Waals surface area contributed by atoms with E-state index < -0.39 is 18.1 Å². The number of carbonyl (C=O) groups is 2. The Morgan fingerprint density at radius 2 is 2.17 bits per heavy atom. The van der Waals surface area contributed by atoms with Crippen LogP contribution in [0.1, 0.15) is 25.7 Å². The highest BCUT2D eigenvalue weighted by atomic mass is 16.4. The average Bonchev–Trinajstić information content (AvgIpc) is 2.94. The molecule has 6 heteroatoms. The molecule has 0 aromatic rings. The SMILES string of the molecule is O=C(O)[C@H]1C[C@@H](O)CN1C(=O)CCC1CCNC1. The molecule has 102 valence electrons. The number of hydrogen-bond donors (Lipinski definition) is 3. The van der Waals surface area contributed by atoms with Crippen molar-refractivity contribution in [2.45, 2.75) is 37.8 Å². The predicted octanol–water partition coefficient (Wildman–Crippen LogP) is -0.577. The molecule has 0 radical (unpaired) electrons. The smallest absolute Gasteiger partial charge is 0.326 e. The number of β-amino-alcohol motifs (C(OH)–C–C–N with tert-alkyl or cyclic N) is 1. The number of carbonyl (C=O) groups excluding carboxylic acids is 1. The maximum atomic E-state index is 12.0. The second kappa shape index (κ2) is 5.67. The Balaban J connectivity index is 1.85. The van der Waals surface area contributed by atoms with Crippen LogP contribution in [0.5, 0.6) is 0 Å². The molecule has 0 saturated carbocycles. The lowest BCUT2D eigenvalue weighted by Gasteiger charge is -2.21. The first-order chi connectivity index (χ1) is 8.58. The van der Waals surface area contributed by atoms with Gasteiger partial charge in [-0.05, 0) is 31.8 Å². The van der Waals surface area contributed by atoms with Crippen LogP contribution in [0.4, 0.5) is 0 Å². The molecule has 2 rings (SSSR count). The summed E-state index contributed by atoms with van der Waals surface area (Å²) in [5.41, 5.74) is 0. The van der Waals surface area contributed by atoms with E-state index in [0.717, 1.165) is 25.9 Å². The Hall–Kier alpha value is -1.14. The second-order valence-corrected chi connectivity index (χ2v) is 5.19. The van der Waals surface area contributed by atoms with E-state index in [1.54, 1.807) is 0 Å². The Bertz CT molecular complexity index is 328. The zero-order chi connectivity index (χ0) is 13.1. The molecule has 0 spiro atoms. The molecule has 18 heavy (non-hydrogen) atoms. The van der Waals surface area contributed by atoms with Crippen LogP contribution in [0.2, 0.25) is 0 Å². The number of aliphatic carboxylic acids is 1. The molecule has 0 bridgehead atoms. The van der Waals surface area contributed by atoms with Gasteiger partial charge >= 0.3 is 5.97 Å². The Labute approximate surface area is 106 Å². The third kappa shape index (κ3) is 3.00. The van der Waals surface area contributed by atoms with Crippen LogP contribution in [-0.4, -0.2) is 58.8 Å². The molecule has 0 aromatic carbocycles. The van der Waals surface area contributed by atoms with Crippen LogP contribution in [0.25, 0.3) is 0 Å². The van der Waals surface area contributed by atoms with Crippen molar-refractivity contribution in [1.29, 1.82) is 0 Å². The summed E-state index contributed by atoms with van der Waals surface area (Å²) in [6, 6.07) is -0.853. The van der Waals surface area contributed by atoms with Gasteiger partial charge in [0.1, 0.15) is 6.04 Å². The van der Waals surface area contributed by atoms with Gasteiger partial charge in [0.15, 0.2) is 0 Å². The van der Waals surface area contributed by atoms with Gasteiger partial charge in [-0.3, -0.25) is 4.79 Å². The minimum atomic E-state index is -1.03. The molecule has 2 saturated heterocycles. The minimum Gasteiger partial charge on any atom is -0.480 e. The summed E-state index contributed by atoms with van der Waals surface area (Å²) in [7, 11) is 0. The molecule has 1 amide bonds. The topological polar surface area (TPSA) is 89.9 Å². The Morgan fingerprint density at radius 3 is 2.78 bits per heavy atom. The highest BCUT2D eigenvalue weighted by Crippen LogP contribution is 2.21. The number of hydrogen-bond acceptors (Lipinski definition) is 4. The summed E-state index contributed by atoms with van der Waals surface area (Å²) < 4.78 is 0. The molecular formula is C12H20N2O4. The van der Waals surface area contributed by atoms with E-state index in [4.69, 9.17) is 5.11 Å². The first-order valence-electron chi connectivity index (χ1n) is 6.49. The fraction of sp³-hybridized carbons (Fsp3) is 0.833. The van der Waals surface area contributed by atoms with E-state index in [0.29, 0.717) is 12.3 Å². The van der Waals surface area contributed by atoms with E-state index in [1.165, 1.54) is 4.90 Å². The van der Waals surface area contributed by atoms with Gasteiger partial charge in [-0.15, -0.1) is 0 Å². The van der Waals surface area contributed by atoms with Gasteiger partial charge in [0.05, 0.1) is 6.10 Å². The lowest BCUT2D eigenvalue weighted by Crippen LogP contribution is -2.40. The van der Waals surface area contributed by atoms with Crippen molar-refractivity contribution in [2.75, 3.05) is 19.6 Å². The average molecular weight is 256 g/mol. The number of aliphatic hydroxyl groups is 1. The van der Waals surface area contributed by atoms with E-state index in [2.05, 4.69) is 5.32 Å². The first kappa shape index (κ1) is 13.3. The van der Waals surface area contributed by atoms with Crippen molar-refractivity contribution in [1.82, 2.24) is 10.2 Å². The van der Waals surface area contributed by atoms with Crippen LogP contribution in [0, 0.1) is 5.92 Å². The Morgan fingerprint density at radius 1 is 1.39 bits per heavy atom. The number of carboxylic acids is 1. The fourth-order valence-electron chi connectivity index (χ4n) is 2.76. The van der Waals surface area contributed by atoms with Crippen molar-refractivity contribution in [2.24, 2.45) is 5.92 Å². The molecule has 2 aliphatic heterocycles. The monoisotopic (exact) mass is 256 g/mol. The zero-order valence-electron chi connectivity index (χ0n) is 10.3. The number of aliphatic hydroxyl groups excluding tert-OH is 1. The second-order valence-electron chi connectivity index (χ2n) is 5.19. The molecule has 0 aromatic heterocycles. The molecule has 3 N–H and O–H groups in total. The Kier molecular flexibility index (Phi) is 4.19. The van der Waals surface area contributed by atoms with E-state index >= 15 is 0 Å². The molecule has 6 nitrogen and oxygen atoms in total. The molecule has 1 unspecified atom stereocenters. The van der Waals surface area contributed by atoms with Crippen LogP contribution in [0.15, 0.2) is 0 Å².